The fourth-order valence-corrected chi connectivity index (χ4v) is 1.77. The van der Waals surface area contributed by atoms with E-state index >= 15 is 0 Å². The summed E-state index contributed by atoms with van der Waals surface area (Å²) in [5.74, 6) is 0.885. The molecule has 1 aromatic heterocycles. The molecule has 1 rings (SSSR count). The summed E-state index contributed by atoms with van der Waals surface area (Å²) in [7, 11) is 7.01. The number of aryl methyl sites for hydroxylation is 2. The first-order valence-corrected chi connectivity index (χ1v) is 5.94. The van der Waals surface area contributed by atoms with Crippen LogP contribution < -0.4 is 10.1 Å². The molecule has 1 aromatic rings. The predicted octanol–water partition coefficient (Wildman–Crippen LogP) is 0.305. The average Bonchev–Trinajstić information content (AvgIpc) is 2.58. The molecule has 0 bridgehead atoms. The minimum Gasteiger partial charge on any atom is -0.481 e. The van der Waals surface area contributed by atoms with E-state index in [1.165, 1.54) is 0 Å². The van der Waals surface area contributed by atoms with Gasteiger partial charge in [0.2, 0.25) is 11.8 Å². The number of nitrogens with one attached hydrogen (secondary N) is 1. The van der Waals surface area contributed by atoms with Crippen molar-refractivity contribution in [1.82, 2.24) is 20.0 Å². The molecular formula is C12H22N4O2. The smallest absolute Gasteiger partial charge is 0.223 e. The van der Waals surface area contributed by atoms with Gasteiger partial charge in [0.05, 0.1) is 18.4 Å². The van der Waals surface area contributed by atoms with Crippen molar-refractivity contribution in [2.75, 3.05) is 27.7 Å². The monoisotopic (exact) mass is 254 g/mol. The van der Waals surface area contributed by atoms with E-state index < -0.39 is 0 Å². The first-order chi connectivity index (χ1) is 8.47. The van der Waals surface area contributed by atoms with E-state index in [4.69, 9.17) is 4.74 Å². The highest BCUT2D eigenvalue weighted by Gasteiger charge is 2.13. The highest BCUT2D eigenvalue weighted by molar-refractivity contribution is 5.75. The highest BCUT2D eigenvalue weighted by atomic mass is 16.5. The molecule has 6 nitrogen and oxygen atoms in total. The first kappa shape index (κ1) is 14.5. The van der Waals surface area contributed by atoms with E-state index in [1.807, 2.05) is 14.0 Å². The SMILES string of the molecule is COc1c(CNCCC(=O)N(C)C)c(C)nn1C. The molecule has 0 unspecified atom stereocenters. The molecule has 0 spiro atoms. The molecule has 0 saturated carbocycles. The fraction of sp³-hybridized carbons (Fsp3) is 0.667. The molecule has 1 heterocycles. The minimum atomic E-state index is 0.123. The van der Waals surface area contributed by atoms with Gasteiger partial charge in [-0.15, -0.1) is 0 Å². The van der Waals surface area contributed by atoms with Crippen molar-refractivity contribution in [1.29, 1.82) is 0 Å². The van der Waals surface area contributed by atoms with Crippen LogP contribution in [0.4, 0.5) is 0 Å². The Kier molecular flexibility index (Phi) is 5.15. The van der Waals surface area contributed by atoms with Gasteiger partial charge in [-0.05, 0) is 6.92 Å². The summed E-state index contributed by atoms with van der Waals surface area (Å²) in [5, 5.41) is 7.54. The van der Waals surface area contributed by atoms with Crippen molar-refractivity contribution in [3.63, 3.8) is 0 Å². The molecule has 0 saturated heterocycles. The molecule has 0 atom stereocenters. The largest absolute Gasteiger partial charge is 0.481 e. The Morgan fingerprint density at radius 2 is 2.17 bits per heavy atom. The maximum atomic E-state index is 11.4. The number of hydrogen-bond acceptors (Lipinski definition) is 4. The van der Waals surface area contributed by atoms with E-state index in [0.717, 1.165) is 17.1 Å². The van der Waals surface area contributed by atoms with Gasteiger partial charge in [0.25, 0.3) is 0 Å². The summed E-state index contributed by atoms with van der Waals surface area (Å²) in [5.41, 5.74) is 1.98. The van der Waals surface area contributed by atoms with Crippen LogP contribution in [0.5, 0.6) is 5.88 Å². The van der Waals surface area contributed by atoms with E-state index in [2.05, 4.69) is 10.4 Å². The Bertz CT molecular complexity index is 412. The van der Waals surface area contributed by atoms with E-state index in [0.29, 0.717) is 19.5 Å². The second-order valence-electron chi connectivity index (χ2n) is 4.41. The highest BCUT2D eigenvalue weighted by Crippen LogP contribution is 2.20. The summed E-state index contributed by atoms with van der Waals surface area (Å²) >= 11 is 0. The van der Waals surface area contributed by atoms with E-state index in [9.17, 15) is 4.79 Å². The molecule has 0 aliphatic heterocycles. The third kappa shape index (κ3) is 3.46. The molecule has 102 valence electrons. The lowest BCUT2D eigenvalue weighted by molar-refractivity contribution is -0.128. The minimum absolute atomic E-state index is 0.123. The number of methoxy groups -OCH3 is 1. The number of ether oxygens (including phenoxy) is 1. The van der Waals surface area contributed by atoms with Gasteiger partial charge >= 0.3 is 0 Å². The zero-order valence-electron chi connectivity index (χ0n) is 11.8. The summed E-state index contributed by atoms with van der Waals surface area (Å²) in [4.78, 5) is 13.0. The normalized spacial score (nSPS) is 10.5. The summed E-state index contributed by atoms with van der Waals surface area (Å²) < 4.78 is 7.02. The summed E-state index contributed by atoms with van der Waals surface area (Å²) in [6.45, 7) is 3.25. The molecular weight excluding hydrogens is 232 g/mol. The number of amides is 1. The van der Waals surface area contributed by atoms with Crippen LogP contribution in [0.15, 0.2) is 0 Å². The van der Waals surface area contributed by atoms with Gasteiger partial charge in [0.1, 0.15) is 0 Å². The maximum absolute atomic E-state index is 11.4. The third-order valence-electron chi connectivity index (χ3n) is 2.80. The molecule has 0 aliphatic rings. The molecule has 0 aliphatic carbocycles. The Labute approximate surface area is 108 Å². The number of aromatic nitrogens is 2. The zero-order chi connectivity index (χ0) is 13.7. The van der Waals surface area contributed by atoms with Crippen LogP contribution in [0.3, 0.4) is 0 Å². The Morgan fingerprint density at radius 3 is 2.72 bits per heavy atom. The topological polar surface area (TPSA) is 59.4 Å². The Balaban J connectivity index is 2.47. The predicted molar refractivity (Wildman–Crippen MR) is 69.5 cm³/mol. The Morgan fingerprint density at radius 1 is 1.50 bits per heavy atom. The number of hydrogen-bond donors (Lipinski definition) is 1. The second-order valence-corrected chi connectivity index (χ2v) is 4.41. The van der Waals surface area contributed by atoms with Crippen LogP contribution in [0, 0.1) is 6.92 Å². The lowest BCUT2D eigenvalue weighted by Gasteiger charge is -2.10. The molecule has 1 N–H and O–H groups in total. The molecule has 1 amide bonds. The number of rotatable bonds is 6. The van der Waals surface area contributed by atoms with Crippen LogP contribution in [0.1, 0.15) is 17.7 Å². The molecule has 6 heteroatoms. The van der Waals surface area contributed by atoms with Gasteiger partial charge in [0, 0.05) is 40.7 Å². The quantitative estimate of drug-likeness (QED) is 0.742. The molecule has 18 heavy (non-hydrogen) atoms. The van der Waals surface area contributed by atoms with Gasteiger partial charge in [-0.2, -0.15) is 5.10 Å². The zero-order valence-corrected chi connectivity index (χ0v) is 11.8. The molecule has 0 aromatic carbocycles. The summed E-state index contributed by atoms with van der Waals surface area (Å²) in [6, 6.07) is 0. The van der Waals surface area contributed by atoms with Crippen molar-refractivity contribution in [2.45, 2.75) is 19.9 Å². The summed E-state index contributed by atoms with van der Waals surface area (Å²) in [6.07, 6.45) is 0.495. The van der Waals surface area contributed by atoms with Crippen LogP contribution in [-0.2, 0) is 18.4 Å². The van der Waals surface area contributed by atoms with Gasteiger partial charge in [-0.25, -0.2) is 4.68 Å². The molecule has 0 fully saturated rings. The molecule has 0 radical (unpaired) electrons. The fourth-order valence-electron chi connectivity index (χ4n) is 1.77. The van der Waals surface area contributed by atoms with Crippen LogP contribution in [-0.4, -0.2) is 48.3 Å². The van der Waals surface area contributed by atoms with E-state index in [-0.39, 0.29) is 5.91 Å². The second kappa shape index (κ2) is 6.39. The third-order valence-corrected chi connectivity index (χ3v) is 2.80. The van der Waals surface area contributed by atoms with E-state index in [1.54, 1.807) is 30.8 Å². The van der Waals surface area contributed by atoms with Gasteiger partial charge in [-0.1, -0.05) is 0 Å². The maximum Gasteiger partial charge on any atom is 0.223 e. The lowest BCUT2D eigenvalue weighted by atomic mass is 10.2. The Hall–Kier alpha value is -1.56. The number of nitrogens with zero attached hydrogens (tertiary/aromatic N) is 3. The average molecular weight is 254 g/mol. The van der Waals surface area contributed by atoms with Crippen LogP contribution in [0.25, 0.3) is 0 Å². The number of carbonyl (C=O) groups is 1. The van der Waals surface area contributed by atoms with Crippen LogP contribution in [0.2, 0.25) is 0 Å². The standard InChI is InChI=1S/C12H22N4O2/c1-9-10(12(18-5)16(4)14-9)8-13-7-6-11(17)15(2)3/h13H,6-8H2,1-5H3. The van der Waals surface area contributed by atoms with Crippen molar-refractivity contribution in [2.24, 2.45) is 7.05 Å². The van der Waals surface area contributed by atoms with Crippen molar-refractivity contribution in [3.05, 3.63) is 11.3 Å². The first-order valence-electron chi connectivity index (χ1n) is 5.94. The van der Waals surface area contributed by atoms with Crippen molar-refractivity contribution >= 4 is 5.91 Å². The van der Waals surface area contributed by atoms with Gasteiger partial charge < -0.3 is 15.0 Å². The lowest BCUT2D eigenvalue weighted by Crippen LogP contribution is -2.26. The van der Waals surface area contributed by atoms with Crippen molar-refractivity contribution in [3.8, 4) is 5.88 Å². The van der Waals surface area contributed by atoms with Gasteiger partial charge in [0.15, 0.2) is 0 Å². The van der Waals surface area contributed by atoms with Crippen molar-refractivity contribution < 1.29 is 9.53 Å². The van der Waals surface area contributed by atoms with Crippen LogP contribution >= 0.6 is 0 Å². The van der Waals surface area contributed by atoms with Gasteiger partial charge in [-0.3, -0.25) is 4.79 Å². The number of carbonyl (C=O) groups excluding carboxylic acids is 1.